The van der Waals surface area contributed by atoms with E-state index in [9.17, 15) is 14.0 Å². The van der Waals surface area contributed by atoms with Gasteiger partial charge in [0.2, 0.25) is 5.88 Å². The number of rotatable bonds is 6. The molecule has 1 atom stereocenters. The highest BCUT2D eigenvalue weighted by Gasteiger charge is 2.47. The Bertz CT molecular complexity index is 1090. The van der Waals surface area contributed by atoms with Crippen LogP contribution in [-0.4, -0.2) is 40.0 Å². The van der Waals surface area contributed by atoms with Gasteiger partial charge in [0.05, 0.1) is 11.6 Å². The van der Waals surface area contributed by atoms with Crippen LogP contribution in [0.25, 0.3) is 0 Å². The fourth-order valence-corrected chi connectivity index (χ4v) is 4.36. The first-order valence-corrected chi connectivity index (χ1v) is 10.7. The van der Waals surface area contributed by atoms with E-state index >= 15 is 0 Å². The van der Waals surface area contributed by atoms with Gasteiger partial charge >= 0.3 is 0 Å². The molecule has 0 saturated heterocycles. The highest BCUT2D eigenvalue weighted by atomic mass is 35.5. The molecule has 1 saturated carbocycles. The van der Waals surface area contributed by atoms with Crippen molar-refractivity contribution in [3.8, 4) is 18.0 Å². The number of anilines is 1. The van der Waals surface area contributed by atoms with Gasteiger partial charge < -0.3 is 10.1 Å². The minimum absolute atomic E-state index is 0.00765. The van der Waals surface area contributed by atoms with Gasteiger partial charge in [0.15, 0.2) is 0 Å². The van der Waals surface area contributed by atoms with Crippen molar-refractivity contribution in [1.29, 1.82) is 10.5 Å². The predicted molar refractivity (Wildman–Crippen MR) is 113 cm³/mol. The summed E-state index contributed by atoms with van der Waals surface area (Å²) in [6.07, 6.45) is 1.30. The molecule has 0 aromatic carbocycles. The lowest BCUT2D eigenvalue weighted by molar-refractivity contribution is -0.135. The quantitative estimate of drug-likeness (QED) is 0.510. The van der Waals surface area contributed by atoms with E-state index in [1.807, 2.05) is 19.1 Å². The Morgan fingerprint density at radius 1 is 1.34 bits per heavy atom. The number of hydrogen-bond donors (Lipinski definition) is 1. The number of fused-ring (bicyclic) bond motifs is 1. The molecule has 0 radical (unpaired) electrons. The van der Waals surface area contributed by atoms with Crippen molar-refractivity contribution in [2.45, 2.75) is 50.8 Å². The van der Waals surface area contributed by atoms with Crippen LogP contribution >= 0.6 is 11.6 Å². The second-order valence-corrected chi connectivity index (χ2v) is 8.40. The number of nitriles is 2. The van der Waals surface area contributed by atoms with Gasteiger partial charge in [-0.3, -0.25) is 4.90 Å². The van der Waals surface area contributed by atoms with Crippen LogP contribution in [0.2, 0.25) is 5.15 Å². The zero-order valence-corrected chi connectivity index (χ0v) is 18.2. The van der Waals surface area contributed by atoms with Gasteiger partial charge in [-0.25, -0.2) is 18.7 Å². The second kappa shape index (κ2) is 8.85. The summed E-state index contributed by atoms with van der Waals surface area (Å²) >= 11 is 6.24. The van der Waals surface area contributed by atoms with Crippen LogP contribution in [-0.2, 0) is 13.0 Å². The molecule has 1 aliphatic carbocycles. The minimum Gasteiger partial charge on any atom is -0.474 e. The van der Waals surface area contributed by atoms with Gasteiger partial charge in [0, 0.05) is 49.8 Å². The van der Waals surface area contributed by atoms with E-state index in [1.54, 1.807) is 12.3 Å². The highest BCUT2D eigenvalue weighted by molar-refractivity contribution is 6.30. The highest BCUT2D eigenvalue weighted by Crippen LogP contribution is 2.39. The third-order valence-corrected chi connectivity index (χ3v) is 6.23. The largest absolute Gasteiger partial charge is 0.474 e. The topological polar surface area (TPSA) is 97.9 Å². The smallest absolute Gasteiger partial charge is 0.255 e. The predicted octanol–water partition coefficient (Wildman–Crippen LogP) is 4.23. The number of pyridine rings is 2. The molecule has 1 unspecified atom stereocenters. The molecule has 1 aliphatic heterocycles. The molecule has 2 aromatic heterocycles. The summed E-state index contributed by atoms with van der Waals surface area (Å²) in [7, 11) is 0. The van der Waals surface area contributed by atoms with Crippen LogP contribution in [0.5, 0.6) is 5.88 Å². The Labute approximate surface area is 189 Å². The van der Waals surface area contributed by atoms with Gasteiger partial charge in [0.1, 0.15) is 29.7 Å². The van der Waals surface area contributed by atoms with E-state index in [0.29, 0.717) is 30.2 Å². The first-order valence-electron chi connectivity index (χ1n) is 10.3. The van der Waals surface area contributed by atoms with E-state index in [0.717, 1.165) is 23.2 Å². The molecule has 2 aliphatic rings. The lowest BCUT2D eigenvalue weighted by atomic mass is 9.91. The van der Waals surface area contributed by atoms with Crippen molar-refractivity contribution in [3.63, 3.8) is 0 Å². The van der Waals surface area contributed by atoms with E-state index in [1.165, 1.54) is 0 Å². The molecule has 10 heteroatoms. The Hall–Kier alpha value is -3.01. The maximum atomic E-state index is 13.0. The molecule has 7 nitrogen and oxygen atoms in total. The summed E-state index contributed by atoms with van der Waals surface area (Å²) in [5.41, 5.74) is 3.01. The van der Waals surface area contributed by atoms with Crippen molar-refractivity contribution >= 4 is 17.4 Å². The zero-order chi connectivity index (χ0) is 22.9. The molecule has 2 aromatic rings. The molecular weight excluding hydrogens is 438 g/mol. The van der Waals surface area contributed by atoms with Crippen molar-refractivity contribution in [1.82, 2.24) is 14.9 Å². The van der Waals surface area contributed by atoms with Gasteiger partial charge in [-0.2, -0.15) is 10.5 Å². The van der Waals surface area contributed by atoms with Gasteiger partial charge in [0.25, 0.3) is 5.92 Å². The van der Waals surface area contributed by atoms with Crippen molar-refractivity contribution in [2.24, 2.45) is 0 Å². The Balaban J connectivity index is 1.49. The van der Waals surface area contributed by atoms with Crippen LogP contribution in [0.3, 0.4) is 0 Å². The second-order valence-electron chi connectivity index (χ2n) is 8.04. The van der Waals surface area contributed by atoms with Crippen LogP contribution < -0.4 is 10.1 Å². The molecule has 1 N–H and O–H groups in total. The third kappa shape index (κ3) is 4.45. The SMILES string of the molecule is CC(c1ccc(OC2CC(F)(F)C2)nc1)N1CCc2c(NCC#N)nc(Cl)c(C#N)c2C1. The van der Waals surface area contributed by atoms with Gasteiger partial charge in [-0.05, 0) is 24.5 Å². The van der Waals surface area contributed by atoms with Crippen LogP contribution in [0.15, 0.2) is 18.3 Å². The standard InChI is InChI=1S/C22H21ClF2N6O/c1-13(14-2-3-19(29-11-14)32-15-8-22(24,25)9-15)31-7-4-16-18(12-31)17(10-27)20(23)30-21(16)28-6-5-26/h2-3,11,13,15H,4,6-9,12H2,1H3,(H,28,30). The average molecular weight is 459 g/mol. The van der Waals surface area contributed by atoms with Crippen molar-refractivity contribution in [3.05, 3.63) is 45.7 Å². The maximum absolute atomic E-state index is 13.0. The monoisotopic (exact) mass is 458 g/mol. The number of ether oxygens (including phenoxy) is 1. The maximum Gasteiger partial charge on any atom is 0.255 e. The Morgan fingerprint density at radius 2 is 2.12 bits per heavy atom. The molecule has 0 amide bonds. The first kappa shape index (κ1) is 22.2. The average Bonchev–Trinajstić information content (AvgIpc) is 2.76. The molecule has 166 valence electrons. The number of hydrogen-bond acceptors (Lipinski definition) is 7. The molecule has 4 rings (SSSR count). The lowest BCUT2D eigenvalue weighted by Crippen LogP contribution is -2.43. The third-order valence-electron chi connectivity index (χ3n) is 5.95. The molecule has 3 heterocycles. The molecule has 0 bridgehead atoms. The number of halogens is 3. The Morgan fingerprint density at radius 3 is 2.75 bits per heavy atom. The van der Waals surface area contributed by atoms with Gasteiger partial charge in [-0.1, -0.05) is 17.7 Å². The number of nitrogens with zero attached hydrogens (tertiary/aromatic N) is 5. The number of aromatic nitrogens is 2. The van der Waals surface area contributed by atoms with Crippen molar-refractivity contribution in [2.75, 3.05) is 18.4 Å². The minimum atomic E-state index is -2.63. The van der Waals surface area contributed by atoms with E-state index in [-0.39, 0.29) is 30.6 Å². The molecule has 32 heavy (non-hydrogen) atoms. The van der Waals surface area contributed by atoms with E-state index in [2.05, 4.69) is 26.3 Å². The van der Waals surface area contributed by atoms with E-state index in [4.69, 9.17) is 21.6 Å². The first-order chi connectivity index (χ1) is 15.3. The van der Waals surface area contributed by atoms with Crippen LogP contribution in [0, 0.1) is 22.7 Å². The summed E-state index contributed by atoms with van der Waals surface area (Å²) in [6.45, 7) is 3.36. The fraction of sp³-hybridized carbons (Fsp3) is 0.455. The van der Waals surface area contributed by atoms with Crippen molar-refractivity contribution < 1.29 is 13.5 Å². The molecule has 1 fully saturated rings. The summed E-state index contributed by atoms with van der Waals surface area (Å²) < 4.78 is 31.5. The number of nitrogens with one attached hydrogen (secondary N) is 1. The zero-order valence-electron chi connectivity index (χ0n) is 17.4. The molecule has 0 spiro atoms. The lowest BCUT2D eigenvalue weighted by Gasteiger charge is -2.35. The Kier molecular flexibility index (Phi) is 6.14. The van der Waals surface area contributed by atoms with E-state index < -0.39 is 12.0 Å². The van der Waals surface area contributed by atoms with Crippen LogP contribution in [0.1, 0.15) is 48.1 Å². The fourth-order valence-electron chi connectivity index (χ4n) is 4.11. The van der Waals surface area contributed by atoms with Crippen LogP contribution in [0.4, 0.5) is 14.6 Å². The van der Waals surface area contributed by atoms with Gasteiger partial charge in [-0.15, -0.1) is 0 Å². The summed E-state index contributed by atoms with van der Waals surface area (Å²) in [5.74, 6) is -1.75. The summed E-state index contributed by atoms with van der Waals surface area (Å²) in [5, 5.41) is 21.6. The normalized spacial score (nSPS) is 18.6. The molecular formula is C22H21ClF2N6O. The summed E-state index contributed by atoms with van der Waals surface area (Å²) in [4.78, 5) is 10.8. The summed E-state index contributed by atoms with van der Waals surface area (Å²) in [6, 6.07) is 7.75. The number of alkyl halides is 2.